The van der Waals surface area contributed by atoms with E-state index in [2.05, 4.69) is 42.8 Å². The molecule has 0 N–H and O–H groups in total. The van der Waals surface area contributed by atoms with Gasteiger partial charge in [-0.2, -0.15) is 13.2 Å². The number of aromatic nitrogens is 1. The third kappa shape index (κ3) is 12.8. The quantitative estimate of drug-likeness (QED) is 0.220. The van der Waals surface area contributed by atoms with Crippen LogP contribution in [-0.4, -0.2) is 18.5 Å². The Morgan fingerprint density at radius 2 is 1.41 bits per heavy atom. The topological polar surface area (TPSA) is 61.1 Å². The second-order valence-electron chi connectivity index (χ2n) is 6.47. The molecule has 0 bridgehead atoms. The van der Waals surface area contributed by atoms with E-state index in [9.17, 15) is 13.2 Å². The molecular formula is C19H32F3NO3S. The molecule has 0 radical (unpaired) electrons. The van der Waals surface area contributed by atoms with Crippen molar-refractivity contribution in [3.05, 3.63) is 30.1 Å². The van der Waals surface area contributed by atoms with Crippen LogP contribution in [0.5, 0.6) is 0 Å². The zero-order valence-electron chi connectivity index (χ0n) is 16.3. The average Bonchev–Trinajstić information content (AvgIpc) is 2.59. The Bertz CT molecular complexity index is 604. The van der Waals surface area contributed by atoms with Crippen molar-refractivity contribution in [1.29, 1.82) is 0 Å². The lowest BCUT2D eigenvalue weighted by Gasteiger charge is -2.08. The van der Waals surface area contributed by atoms with Crippen LogP contribution in [0, 0.1) is 0 Å². The van der Waals surface area contributed by atoms with Crippen molar-refractivity contribution in [2.24, 2.45) is 0 Å². The van der Waals surface area contributed by atoms with E-state index in [-0.39, 0.29) is 0 Å². The molecule has 1 aromatic heterocycles. The first-order valence-electron chi connectivity index (χ1n) is 9.63. The van der Waals surface area contributed by atoms with Gasteiger partial charge in [-0.15, -0.1) is 0 Å². The smallest absolute Gasteiger partial charge is 0.485 e. The van der Waals surface area contributed by atoms with Gasteiger partial charge >= 0.3 is 5.51 Å². The Morgan fingerprint density at radius 1 is 0.926 bits per heavy atom. The summed E-state index contributed by atoms with van der Waals surface area (Å²) in [5, 5.41) is 0. The molecule has 0 saturated heterocycles. The maximum atomic E-state index is 10.7. The summed E-state index contributed by atoms with van der Waals surface area (Å²) in [6, 6.07) is 6.53. The van der Waals surface area contributed by atoms with Gasteiger partial charge in [0.15, 0.2) is 22.0 Å². The van der Waals surface area contributed by atoms with Gasteiger partial charge < -0.3 is 4.55 Å². The van der Waals surface area contributed by atoms with Gasteiger partial charge in [0.05, 0.1) is 0 Å². The monoisotopic (exact) mass is 411 g/mol. The van der Waals surface area contributed by atoms with Crippen molar-refractivity contribution >= 4 is 10.1 Å². The maximum Gasteiger partial charge on any atom is 0.485 e. The standard InChI is InChI=1S/C18H32N.CHF3O3S/c1-3-5-6-7-8-9-10-11-13-16-19-17-14-12-15-18(19)4-2;2-1(3,4)8(5,6)7/h12,14-15,17H,3-11,13,16H2,1-2H3;(H,5,6,7)/q+1;/p-1. The molecule has 8 heteroatoms. The molecule has 158 valence electrons. The molecule has 0 fully saturated rings. The number of unbranched alkanes of at least 4 members (excludes halogenated alkanes) is 8. The minimum atomic E-state index is -6.09. The highest BCUT2D eigenvalue weighted by molar-refractivity contribution is 7.86. The summed E-state index contributed by atoms with van der Waals surface area (Å²) in [7, 11) is -6.09. The molecule has 0 spiro atoms. The van der Waals surface area contributed by atoms with Gasteiger partial charge in [-0.1, -0.05) is 64.9 Å². The minimum absolute atomic E-state index is 1.14. The van der Waals surface area contributed by atoms with Crippen LogP contribution < -0.4 is 4.57 Å². The first-order chi connectivity index (χ1) is 12.6. The van der Waals surface area contributed by atoms with E-state index in [0.717, 1.165) is 6.42 Å². The zero-order valence-corrected chi connectivity index (χ0v) is 17.1. The largest absolute Gasteiger partial charge is 0.741 e. The van der Waals surface area contributed by atoms with Crippen LogP contribution in [0.25, 0.3) is 0 Å². The Kier molecular flexibility index (Phi) is 13.3. The number of alkyl halides is 3. The maximum absolute atomic E-state index is 10.7. The lowest BCUT2D eigenvalue weighted by molar-refractivity contribution is -0.704. The van der Waals surface area contributed by atoms with Crippen molar-refractivity contribution in [2.75, 3.05) is 0 Å². The third-order valence-corrected chi connectivity index (χ3v) is 4.75. The number of hydrogen-bond acceptors (Lipinski definition) is 3. The molecule has 0 aromatic carbocycles. The van der Waals surface area contributed by atoms with E-state index in [1.807, 2.05) is 0 Å². The van der Waals surface area contributed by atoms with Crippen molar-refractivity contribution in [3.63, 3.8) is 0 Å². The fourth-order valence-corrected chi connectivity index (χ4v) is 2.64. The second-order valence-corrected chi connectivity index (χ2v) is 7.84. The van der Waals surface area contributed by atoms with Gasteiger partial charge in [0, 0.05) is 25.0 Å². The molecule has 0 amide bonds. The van der Waals surface area contributed by atoms with Crippen molar-refractivity contribution in [1.82, 2.24) is 0 Å². The van der Waals surface area contributed by atoms with Crippen LogP contribution in [0.1, 0.15) is 77.3 Å². The van der Waals surface area contributed by atoms with E-state index in [4.69, 9.17) is 13.0 Å². The summed E-state index contributed by atoms with van der Waals surface area (Å²) in [6.45, 7) is 5.72. The average molecular weight is 412 g/mol. The molecule has 1 rings (SSSR count). The van der Waals surface area contributed by atoms with Crippen LogP contribution in [0.2, 0.25) is 0 Å². The summed E-state index contributed by atoms with van der Waals surface area (Å²) in [6.07, 6.45) is 16.0. The summed E-state index contributed by atoms with van der Waals surface area (Å²) in [5.74, 6) is 0. The van der Waals surface area contributed by atoms with Crippen molar-refractivity contribution < 1.29 is 30.7 Å². The Balaban J connectivity index is 0.000000713. The summed E-state index contributed by atoms with van der Waals surface area (Å²) >= 11 is 0. The summed E-state index contributed by atoms with van der Waals surface area (Å²) < 4.78 is 61.3. The van der Waals surface area contributed by atoms with Gasteiger partial charge in [0.25, 0.3) is 0 Å². The molecule has 1 heterocycles. The van der Waals surface area contributed by atoms with E-state index in [1.165, 1.54) is 70.0 Å². The molecule has 0 atom stereocenters. The van der Waals surface area contributed by atoms with Crippen LogP contribution in [0.15, 0.2) is 24.4 Å². The summed E-state index contributed by atoms with van der Waals surface area (Å²) in [4.78, 5) is 0. The van der Waals surface area contributed by atoms with Crippen LogP contribution in [0.4, 0.5) is 13.2 Å². The predicted octanol–water partition coefficient (Wildman–Crippen LogP) is 5.12. The highest BCUT2D eigenvalue weighted by atomic mass is 32.2. The molecule has 0 aliphatic carbocycles. The molecule has 1 aromatic rings. The van der Waals surface area contributed by atoms with E-state index >= 15 is 0 Å². The number of rotatable bonds is 11. The van der Waals surface area contributed by atoms with Gasteiger partial charge in [-0.25, -0.2) is 13.0 Å². The van der Waals surface area contributed by atoms with Crippen LogP contribution in [-0.2, 0) is 23.1 Å². The van der Waals surface area contributed by atoms with E-state index in [1.54, 1.807) is 0 Å². The Morgan fingerprint density at radius 3 is 1.85 bits per heavy atom. The van der Waals surface area contributed by atoms with Gasteiger partial charge in [-0.05, 0) is 6.42 Å². The molecule has 0 aliphatic rings. The fraction of sp³-hybridized carbons (Fsp3) is 0.737. The highest BCUT2D eigenvalue weighted by Gasteiger charge is 2.36. The van der Waals surface area contributed by atoms with Crippen molar-refractivity contribution in [2.45, 2.75) is 90.1 Å². The Hall–Kier alpha value is -1.15. The lowest BCUT2D eigenvalue weighted by Crippen LogP contribution is -2.37. The number of aryl methyl sites for hydroxylation is 2. The summed E-state index contributed by atoms with van der Waals surface area (Å²) in [5.41, 5.74) is -4.19. The van der Waals surface area contributed by atoms with Gasteiger partial charge in [-0.3, -0.25) is 0 Å². The number of halogens is 3. The van der Waals surface area contributed by atoms with E-state index in [0.29, 0.717) is 0 Å². The van der Waals surface area contributed by atoms with Crippen molar-refractivity contribution in [3.8, 4) is 0 Å². The molecule has 0 aliphatic heterocycles. The number of pyridine rings is 1. The van der Waals surface area contributed by atoms with Gasteiger partial charge in [0.2, 0.25) is 0 Å². The van der Waals surface area contributed by atoms with Crippen LogP contribution >= 0.6 is 0 Å². The SMILES string of the molecule is CCCCCCCCCCC[n+]1ccccc1CC.O=S(=O)([O-])C(F)(F)F. The fourth-order valence-electron chi connectivity index (χ4n) is 2.64. The van der Waals surface area contributed by atoms with E-state index < -0.39 is 15.6 Å². The predicted molar refractivity (Wildman–Crippen MR) is 99.0 cm³/mol. The molecule has 0 unspecified atom stereocenters. The molecule has 4 nitrogen and oxygen atoms in total. The number of hydrogen-bond donors (Lipinski definition) is 0. The number of nitrogens with zero attached hydrogens (tertiary/aromatic N) is 1. The first-order valence-corrected chi connectivity index (χ1v) is 11.0. The highest BCUT2D eigenvalue weighted by Crippen LogP contribution is 2.20. The first kappa shape index (κ1) is 25.9. The van der Waals surface area contributed by atoms with Gasteiger partial charge in [0.1, 0.15) is 6.54 Å². The third-order valence-electron chi connectivity index (χ3n) is 4.18. The Labute approximate surface area is 161 Å². The molecular weight excluding hydrogens is 379 g/mol. The minimum Gasteiger partial charge on any atom is -0.741 e. The second kappa shape index (κ2) is 13.9. The normalized spacial score (nSPS) is 11.8. The molecule has 0 saturated carbocycles. The zero-order chi connectivity index (χ0) is 20.8. The lowest BCUT2D eigenvalue weighted by atomic mass is 10.1. The van der Waals surface area contributed by atoms with Crippen LogP contribution in [0.3, 0.4) is 0 Å². The molecule has 27 heavy (non-hydrogen) atoms.